The lowest BCUT2D eigenvalue weighted by Crippen LogP contribution is -2.27. The van der Waals surface area contributed by atoms with Crippen molar-refractivity contribution in [2.24, 2.45) is 11.1 Å². The molecule has 1 aromatic heterocycles. The first-order chi connectivity index (χ1) is 9.41. The SMILES string of the molecule is COc1ccccc1Cc1nc(C(N)C(C)(C)C)no1. The maximum absolute atomic E-state index is 6.13. The van der Waals surface area contributed by atoms with Crippen molar-refractivity contribution in [1.82, 2.24) is 10.1 Å². The second-order valence-corrected chi connectivity index (χ2v) is 5.88. The van der Waals surface area contributed by atoms with Crippen molar-refractivity contribution in [3.8, 4) is 5.75 Å². The number of nitrogens with zero attached hydrogens (tertiary/aromatic N) is 2. The van der Waals surface area contributed by atoms with Gasteiger partial charge in [0.15, 0.2) is 5.82 Å². The van der Waals surface area contributed by atoms with Gasteiger partial charge < -0.3 is 15.0 Å². The van der Waals surface area contributed by atoms with Gasteiger partial charge in [-0.05, 0) is 11.5 Å². The molecule has 0 saturated heterocycles. The van der Waals surface area contributed by atoms with Gasteiger partial charge in [0.2, 0.25) is 5.89 Å². The molecule has 0 amide bonds. The Morgan fingerprint density at radius 1 is 1.30 bits per heavy atom. The molecule has 0 aliphatic rings. The molecule has 20 heavy (non-hydrogen) atoms. The number of rotatable bonds is 4. The van der Waals surface area contributed by atoms with Crippen LogP contribution in [0.15, 0.2) is 28.8 Å². The molecule has 5 nitrogen and oxygen atoms in total. The molecule has 5 heteroatoms. The largest absolute Gasteiger partial charge is 0.496 e. The van der Waals surface area contributed by atoms with Gasteiger partial charge in [-0.15, -0.1) is 0 Å². The minimum absolute atomic E-state index is 0.106. The third-order valence-electron chi connectivity index (χ3n) is 3.23. The molecule has 2 rings (SSSR count). The maximum Gasteiger partial charge on any atom is 0.231 e. The van der Waals surface area contributed by atoms with Crippen molar-refractivity contribution in [2.45, 2.75) is 33.2 Å². The Hall–Kier alpha value is -1.88. The number of aromatic nitrogens is 2. The van der Waals surface area contributed by atoms with Gasteiger partial charge in [-0.25, -0.2) is 0 Å². The zero-order chi connectivity index (χ0) is 14.8. The van der Waals surface area contributed by atoms with E-state index >= 15 is 0 Å². The van der Waals surface area contributed by atoms with Crippen LogP contribution >= 0.6 is 0 Å². The van der Waals surface area contributed by atoms with Crippen LogP contribution in [-0.4, -0.2) is 17.3 Å². The predicted octanol–water partition coefficient (Wildman–Crippen LogP) is 2.71. The van der Waals surface area contributed by atoms with Crippen molar-refractivity contribution in [3.63, 3.8) is 0 Å². The number of benzene rings is 1. The summed E-state index contributed by atoms with van der Waals surface area (Å²) in [5, 5.41) is 3.98. The third-order valence-corrected chi connectivity index (χ3v) is 3.23. The normalized spacial score (nSPS) is 13.2. The molecule has 2 N–H and O–H groups in total. The third kappa shape index (κ3) is 3.17. The molecule has 1 aromatic carbocycles. The van der Waals surface area contributed by atoms with Crippen molar-refractivity contribution < 1.29 is 9.26 Å². The van der Waals surface area contributed by atoms with E-state index in [1.54, 1.807) is 7.11 Å². The van der Waals surface area contributed by atoms with E-state index < -0.39 is 0 Å². The first-order valence-corrected chi connectivity index (χ1v) is 6.62. The Bertz CT molecular complexity index is 572. The lowest BCUT2D eigenvalue weighted by Gasteiger charge is -2.23. The highest BCUT2D eigenvalue weighted by Crippen LogP contribution is 2.29. The minimum Gasteiger partial charge on any atom is -0.496 e. The van der Waals surface area contributed by atoms with Crippen LogP contribution in [0.5, 0.6) is 5.75 Å². The van der Waals surface area contributed by atoms with Gasteiger partial charge in [0.1, 0.15) is 5.75 Å². The highest BCUT2D eigenvalue weighted by molar-refractivity contribution is 5.34. The van der Waals surface area contributed by atoms with Gasteiger partial charge in [-0.3, -0.25) is 0 Å². The summed E-state index contributed by atoms with van der Waals surface area (Å²) in [4.78, 5) is 4.39. The van der Waals surface area contributed by atoms with E-state index in [0.29, 0.717) is 18.1 Å². The van der Waals surface area contributed by atoms with Crippen molar-refractivity contribution in [3.05, 3.63) is 41.5 Å². The lowest BCUT2D eigenvalue weighted by atomic mass is 9.87. The number of hydrogen-bond donors (Lipinski definition) is 1. The van der Waals surface area contributed by atoms with Crippen molar-refractivity contribution in [2.75, 3.05) is 7.11 Å². The summed E-state index contributed by atoms with van der Waals surface area (Å²) in [6.07, 6.45) is 0.536. The fourth-order valence-corrected chi connectivity index (χ4v) is 1.87. The van der Waals surface area contributed by atoms with Crippen LogP contribution in [0.4, 0.5) is 0 Å². The molecule has 0 spiro atoms. The van der Waals surface area contributed by atoms with E-state index in [-0.39, 0.29) is 11.5 Å². The topological polar surface area (TPSA) is 74.2 Å². The van der Waals surface area contributed by atoms with E-state index in [2.05, 4.69) is 10.1 Å². The standard InChI is InChI=1S/C15H21N3O2/c1-15(2,3)13(16)14-17-12(20-18-14)9-10-7-5-6-8-11(10)19-4/h5-8,13H,9,16H2,1-4H3. The van der Waals surface area contributed by atoms with E-state index in [0.717, 1.165) is 11.3 Å². The zero-order valence-corrected chi connectivity index (χ0v) is 12.4. The summed E-state index contributed by atoms with van der Waals surface area (Å²) in [7, 11) is 1.65. The molecular formula is C15H21N3O2. The first kappa shape index (κ1) is 14.5. The van der Waals surface area contributed by atoms with Crippen LogP contribution in [0.2, 0.25) is 0 Å². The molecule has 1 heterocycles. The fraction of sp³-hybridized carbons (Fsp3) is 0.467. The van der Waals surface area contributed by atoms with E-state index in [1.807, 2.05) is 45.0 Å². The maximum atomic E-state index is 6.13. The van der Waals surface area contributed by atoms with Gasteiger partial charge in [0.25, 0.3) is 0 Å². The van der Waals surface area contributed by atoms with Crippen molar-refractivity contribution >= 4 is 0 Å². The van der Waals surface area contributed by atoms with Crippen LogP contribution < -0.4 is 10.5 Å². The Morgan fingerprint density at radius 2 is 2.00 bits per heavy atom. The Kier molecular flexibility index (Phi) is 4.09. The molecule has 1 unspecified atom stereocenters. The second kappa shape index (κ2) is 5.63. The molecular weight excluding hydrogens is 254 g/mol. The minimum atomic E-state index is -0.252. The van der Waals surface area contributed by atoms with Gasteiger partial charge in [-0.2, -0.15) is 4.98 Å². The van der Waals surface area contributed by atoms with Crippen LogP contribution in [0.1, 0.15) is 44.1 Å². The molecule has 2 aromatic rings. The molecule has 0 aliphatic heterocycles. The molecule has 1 atom stereocenters. The Balaban J connectivity index is 2.18. The van der Waals surface area contributed by atoms with Gasteiger partial charge >= 0.3 is 0 Å². The average molecular weight is 275 g/mol. The molecule has 0 aliphatic carbocycles. The molecule has 0 saturated carbocycles. The number of nitrogens with two attached hydrogens (primary N) is 1. The fourth-order valence-electron chi connectivity index (χ4n) is 1.87. The average Bonchev–Trinajstić information content (AvgIpc) is 2.86. The summed E-state index contributed by atoms with van der Waals surface area (Å²) in [6.45, 7) is 6.15. The molecule has 108 valence electrons. The Morgan fingerprint density at radius 3 is 2.65 bits per heavy atom. The summed E-state index contributed by atoms with van der Waals surface area (Å²) in [6, 6.07) is 7.52. The summed E-state index contributed by atoms with van der Waals surface area (Å²) >= 11 is 0. The quantitative estimate of drug-likeness (QED) is 0.928. The van der Waals surface area contributed by atoms with Gasteiger partial charge in [0, 0.05) is 5.56 Å². The van der Waals surface area contributed by atoms with Crippen LogP contribution in [-0.2, 0) is 6.42 Å². The second-order valence-electron chi connectivity index (χ2n) is 5.88. The predicted molar refractivity (Wildman–Crippen MR) is 76.5 cm³/mol. The summed E-state index contributed by atoms with van der Waals surface area (Å²) in [5.74, 6) is 1.90. The highest BCUT2D eigenvalue weighted by atomic mass is 16.5. The monoisotopic (exact) mass is 275 g/mol. The molecule has 0 fully saturated rings. The smallest absolute Gasteiger partial charge is 0.231 e. The highest BCUT2D eigenvalue weighted by Gasteiger charge is 2.26. The number of ether oxygens (including phenoxy) is 1. The van der Waals surface area contributed by atoms with Crippen LogP contribution in [0, 0.1) is 5.41 Å². The number of hydrogen-bond acceptors (Lipinski definition) is 5. The van der Waals surface area contributed by atoms with E-state index in [1.165, 1.54) is 0 Å². The van der Waals surface area contributed by atoms with E-state index in [9.17, 15) is 0 Å². The van der Waals surface area contributed by atoms with Gasteiger partial charge in [0.05, 0.1) is 19.6 Å². The van der Waals surface area contributed by atoms with Crippen molar-refractivity contribution in [1.29, 1.82) is 0 Å². The Labute approximate surface area is 119 Å². The lowest BCUT2D eigenvalue weighted by molar-refractivity contribution is 0.301. The van der Waals surface area contributed by atoms with Crippen LogP contribution in [0.3, 0.4) is 0 Å². The number of para-hydroxylation sites is 1. The van der Waals surface area contributed by atoms with E-state index in [4.69, 9.17) is 15.0 Å². The number of methoxy groups -OCH3 is 1. The first-order valence-electron chi connectivity index (χ1n) is 6.62. The molecule has 0 bridgehead atoms. The summed E-state index contributed by atoms with van der Waals surface area (Å²) in [5.41, 5.74) is 7.03. The molecule has 0 radical (unpaired) electrons. The van der Waals surface area contributed by atoms with Crippen LogP contribution in [0.25, 0.3) is 0 Å². The van der Waals surface area contributed by atoms with Gasteiger partial charge in [-0.1, -0.05) is 44.1 Å². The summed E-state index contributed by atoms with van der Waals surface area (Å²) < 4.78 is 10.6. The zero-order valence-electron chi connectivity index (χ0n) is 12.4.